The second kappa shape index (κ2) is 15.6. The first-order valence-corrected chi connectivity index (χ1v) is 16.5. The van der Waals surface area contributed by atoms with Gasteiger partial charge in [-0.1, -0.05) is 18.7 Å². The van der Waals surface area contributed by atoms with Crippen molar-refractivity contribution in [2.24, 2.45) is 0 Å². The SMILES string of the molecule is C=CC(=O)Nc1cc(CN2CCOCC2)ccc1-c1cc(C(=O)NCc2c(C)cc(C)[nH]c2=O)c(C)c(N(CC)C2CCOCC2)c1. The van der Waals surface area contributed by atoms with Crippen LogP contribution in [0.5, 0.6) is 0 Å². The molecule has 0 aliphatic carbocycles. The topological polar surface area (TPSA) is 116 Å². The molecule has 2 aromatic carbocycles. The molecule has 0 bridgehead atoms. The molecule has 2 aliphatic rings. The molecule has 3 aromatic rings. The molecule has 0 radical (unpaired) electrons. The average Bonchev–Trinajstić information content (AvgIpc) is 3.06. The zero-order valence-corrected chi connectivity index (χ0v) is 28.0. The molecule has 10 heteroatoms. The van der Waals surface area contributed by atoms with Crippen LogP contribution in [0.3, 0.4) is 0 Å². The van der Waals surface area contributed by atoms with Gasteiger partial charge >= 0.3 is 0 Å². The highest BCUT2D eigenvalue weighted by Gasteiger charge is 2.26. The molecule has 0 atom stereocenters. The lowest BCUT2D eigenvalue weighted by atomic mass is 9.93. The summed E-state index contributed by atoms with van der Waals surface area (Å²) in [6.45, 7) is 17.6. The molecule has 3 heterocycles. The van der Waals surface area contributed by atoms with Gasteiger partial charge in [0.1, 0.15) is 0 Å². The number of anilines is 2. The number of aromatic amines is 1. The lowest BCUT2D eigenvalue weighted by molar-refractivity contribution is -0.111. The predicted octanol–water partition coefficient (Wildman–Crippen LogP) is 4.86. The maximum atomic E-state index is 14.0. The van der Waals surface area contributed by atoms with Crippen molar-refractivity contribution in [3.63, 3.8) is 0 Å². The van der Waals surface area contributed by atoms with E-state index in [1.807, 2.05) is 45.0 Å². The fourth-order valence-electron chi connectivity index (χ4n) is 6.62. The summed E-state index contributed by atoms with van der Waals surface area (Å²) in [5, 5.41) is 6.03. The van der Waals surface area contributed by atoms with Crippen LogP contribution in [-0.2, 0) is 27.4 Å². The number of nitrogens with one attached hydrogen (secondary N) is 3. The second-order valence-electron chi connectivity index (χ2n) is 12.4. The van der Waals surface area contributed by atoms with Gasteiger partial charge in [-0.3, -0.25) is 19.3 Å². The van der Waals surface area contributed by atoms with Gasteiger partial charge in [0.2, 0.25) is 5.91 Å². The van der Waals surface area contributed by atoms with E-state index in [1.54, 1.807) is 0 Å². The van der Waals surface area contributed by atoms with Crippen molar-refractivity contribution < 1.29 is 19.1 Å². The highest BCUT2D eigenvalue weighted by atomic mass is 16.5. The van der Waals surface area contributed by atoms with Crippen LogP contribution in [0.25, 0.3) is 11.1 Å². The Labute approximate surface area is 277 Å². The van der Waals surface area contributed by atoms with Gasteiger partial charge in [0.05, 0.1) is 13.2 Å². The molecule has 0 unspecified atom stereocenters. The Morgan fingerprint density at radius 2 is 1.77 bits per heavy atom. The summed E-state index contributed by atoms with van der Waals surface area (Å²) < 4.78 is 11.2. The Morgan fingerprint density at radius 1 is 1.04 bits per heavy atom. The van der Waals surface area contributed by atoms with Gasteiger partial charge < -0.3 is 30.0 Å². The van der Waals surface area contributed by atoms with Crippen molar-refractivity contribution in [1.82, 2.24) is 15.2 Å². The molecular formula is C37H47N5O5. The van der Waals surface area contributed by atoms with E-state index in [-0.39, 0.29) is 30.0 Å². The number of rotatable bonds is 11. The van der Waals surface area contributed by atoms with Crippen molar-refractivity contribution in [2.75, 3.05) is 56.3 Å². The van der Waals surface area contributed by atoms with Crippen molar-refractivity contribution in [1.29, 1.82) is 0 Å². The fraction of sp³-hybridized carbons (Fsp3) is 0.432. The summed E-state index contributed by atoms with van der Waals surface area (Å²) in [5.41, 5.74) is 7.59. The van der Waals surface area contributed by atoms with Crippen LogP contribution in [0.15, 0.2) is 53.8 Å². The van der Waals surface area contributed by atoms with E-state index in [2.05, 4.69) is 51.1 Å². The number of nitrogens with zero attached hydrogens (tertiary/aromatic N) is 2. The highest BCUT2D eigenvalue weighted by molar-refractivity contribution is 6.03. The van der Waals surface area contributed by atoms with E-state index in [4.69, 9.17) is 9.47 Å². The van der Waals surface area contributed by atoms with Gasteiger partial charge in [0.15, 0.2) is 0 Å². The van der Waals surface area contributed by atoms with Crippen LogP contribution in [0.1, 0.15) is 58.1 Å². The smallest absolute Gasteiger partial charge is 0.253 e. The molecule has 0 saturated carbocycles. The van der Waals surface area contributed by atoms with Crippen molar-refractivity contribution in [3.05, 3.63) is 92.9 Å². The molecular weight excluding hydrogens is 594 g/mol. The van der Waals surface area contributed by atoms with Gasteiger partial charge in [-0.05, 0) is 93.1 Å². The summed E-state index contributed by atoms with van der Waals surface area (Å²) in [4.78, 5) is 46.9. The first-order valence-electron chi connectivity index (χ1n) is 16.5. The number of morpholine rings is 1. The molecule has 0 spiro atoms. The van der Waals surface area contributed by atoms with Gasteiger partial charge in [0.25, 0.3) is 11.5 Å². The van der Waals surface area contributed by atoms with Gasteiger partial charge in [-0.15, -0.1) is 0 Å². The third-order valence-corrected chi connectivity index (χ3v) is 9.17. The van der Waals surface area contributed by atoms with Gasteiger partial charge in [0, 0.05) is 85.7 Å². The van der Waals surface area contributed by atoms with Gasteiger partial charge in [-0.25, -0.2) is 0 Å². The van der Waals surface area contributed by atoms with E-state index in [9.17, 15) is 14.4 Å². The number of carbonyl (C=O) groups excluding carboxylic acids is 2. The number of ether oxygens (including phenoxy) is 2. The molecule has 2 amide bonds. The Balaban J connectivity index is 1.57. The van der Waals surface area contributed by atoms with E-state index >= 15 is 0 Å². The van der Waals surface area contributed by atoms with E-state index < -0.39 is 0 Å². The zero-order valence-electron chi connectivity index (χ0n) is 28.0. The van der Waals surface area contributed by atoms with Crippen molar-refractivity contribution in [3.8, 4) is 11.1 Å². The number of benzene rings is 2. The molecule has 1 aromatic heterocycles. The van der Waals surface area contributed by atoms with Crippen LogP contribution >= 0.6 is 0 Å². The number of carbonyl (C=O) groups is 2. The number of hydrogen-bond acceptors (Lipinski definition) is 7. The number of pyridine rings is 1. The van der Waals surface area contributed by atoms with Crippen molar-refractivity contribution >= 4 is 23.2 Å². The van der Waals surface area contributed by atoms with Crippen LogP contribution in [0.4, 0.5) is 11.4 Å². The third kappa shape index (κ3) is 8.19. The molecule has 5 rings (SSSR count). The van der Waals surface area contributed by atoms with Gasteiger partial charge in [-0.2, -0.15) is 0 Å². The van der Waals surface area contributed by atoms with Crippen LogP contribution < -0.4 is 21.1 Å². The predicted molar refractivity (Wildman–Crippen MR) is 186 cm³/mol. The standard InChI is InChI=1S/C37H47N5O5/c1-6-35(43)40-33-19-27(23-41-12-16-47-17-13-41)8-9-30(33)28-20-31(36(44)38-22-32-24(3)18-25(4)39-37(32)45)26(5)34(21-28)42(7-2)29-10-14-46-15-11-29/h6,8-9,18-21,29H,1,7,10-17,22-23H2,2-5H3,(H,38,44)(H,39,45)(H,40,43). The van der Waals surface area contributed by atoms with Crippen molar-refractivity contribution in [2.45, 2.75) is 59.7 Å². The molecule has 2 aliphatic heterocycles. The highest BCUT2D eigenvalue weighted by Crippen LogP contribution is 2.37. The Morgan fingerprint density at radius 3 is 2.45 bits per heavy atom. The maximum absolute atomic E-state index is 14.0. The summed E-state index contributed by atoms with van der Waals surface area (Å²) in [5.74, 6) is -0.579. The Kier molecular flexibility index (Phi) is 11.3. The summed E-state index contributed by atoms with van der Waals surface area (Å²) >= 11 is 0. The lowest BCUT2D eigenvalue weighted by Gasteiger charge is -2.37. The van der Waals surface area contributed by atoms with Crippen LogP contribution in [0, 0.1) is 20.8 Å². The first kappa shape index (κ1) is 34.1. The minimum absolute atomic E-state index is 0.105. The van der Waals surface area contributed by atoms with Crippen LogP contribution in [-0.4, -0.2) is 73.8 Å². The molecule has 3 N–H and O–H groups in total. The number of aryl methyl sites for hydroxylation is 2. The van der Waals surface area contributed by atoms with E-state index in [1.165, 1.54) is 6.08 Å². The molecule has 10 nitrogen and oxygen atoms in total. The Hall–Kier alpha value is -4.25. The number of H-pyrrole nitrogens is 1. The fourth-order valence-corrected chi connectivity index (χ4v) is 6.62. The summed E-state index contributed by atoms with van der Waals surface area (Å²) in [6.07, 6.45) is 3.05. The number of amides is 2. The number of aromatic nitrogens is 1. The summed E-state index contributed by atoms with van der Waals surface area (Å²) in [6, 6.07) is 12.3. The second-order valence-corrected chi connectivity index (χ2v) is 12.4. The largest absolute Gasteiger partial charge is 0.381 e. The van der Waals surface area contributed by atoms with E-state index in [0.29, 0.717) is 43.2 Å². The molecule has 47 heavy (non-hydrogen) atoms. The molecule has 250 valence electrons. The third-order valence-electron chi connectivity index (χ3n) is 9.17. The minimum atomic E-state index is -0.309. The monoisotopic (exact) mass is 641 g/mol. The maximum Gasteiger partial charge on any atom is 0.253 e. The lowest BCUT2D eigenvalue weighted by Crippen LogP contribution is -2.40. The molecule has 2 saturated heterocycles. The molecule has 2 fully saturated rings. The Bertz CT molecular complexity index is 1670. The van der Waals surface area contributed by atoms with Crippen LogP contribution in [0.2, 0.25) is 0 Å². The normalized spacial score (nSPS) is 15.7. The zero-order chi connectivity index (χ0) is 33.5. The first-order chi connectivity index (χ1) is 22.7. The van der Waals surface area contributed by atoms with E-state index in [0.717, 1.165) is 78.2 Å². The summed E-state index contributed by atoms with van der Waals surface area (Å²) in [7, 11) is 0. The average molecular weight is 642 g/mol. The quantitative estimate of drug-likeness (QED) is 0.256. The minimum Gasteiger partial charge on any atom is -0.381 e. The number of hydrogen-bond donors (Lipinski definition) is 3.